The normalized spacial score (nSPS) is 15.0. The van der Waals surface area contributed by atoms with Gasteiger partial charge in [0.2, 0.25) is 5.91 Å². The summed E-state index contributed by atoms with van der Waals surface area (Å²) in [5.41, 5.74) is 3.61. The summed E-state index contributed by atoms with van der Waals surface area (Å²) in [6.45, 7) is 3.18. The van der Waals surface area contributed by atoms with Gasteiger partial charge in [-0.05, 0) is 48.6 Å². The highest BCUT2D eigenvalue weighted by molar-refractivity contribution is 9.10. The number of amides is 1. The second-order valence-corrected chi connectivity index (χ2v) is 8.10. The van der Waals surface area contributed by atoms with E-state index >= 15 is 0 Å². The van der Waals surface area contributed by atoms with Gasteiger partial charge in [-0.15, -0.1) is 0 Å². The van der Waals surface area contributed by atoms with Gasteiger partial charge in [-0.3, -0.25) is 9.79 Å². The predicted molar refractivity (Wildman–Crippen MR) is 119 cm³/mol. The Morgan fingerprint density at radius 1 is 1.11 bits per heavy atom. The molecule has 0 aliphatic heterocycles. The van der Waals surface area contributed by atoms with E-state index in [-0.39, 0.29) is 11.3 Å². The van der Waals surface area contributed by atoms with Crippen molar-refractivity contribution in [1.82, 2.24) is 10.6 Å². The van der Waals surface area contributed by atoms with Crippen LogP contribution in [0, 0.1) is 0 Å². The van der Waals surface area contributed by atoms with Crippen molar-refractivity contribution in [3.63, 3.8) is 0 Å². The molecule has 1 fully saturated rings. The average molecular weight is 443 g/mol. The highest BCUT2D eigenvalue weighted by Gasteiger charge is 2.45. The molecule has 28 heavy (non-hydrogen) atoms. The number of hydrogen-bond acceptors (Lipinski definition) is 2. The number of hydrogen-bond donors (Lipinski definition) is 3. The molecule has 0 spiro atoms. The molecule has 1 saturated carbocycles. The van der Waals surface area contributed by atoms with Crippen molar-refractivity contribution in [1.29, 1.82) is 0 Å². The summed E-state index contributed by atoms with van der Waals surface area (Å²) in [5, 5.41) is 9.66. The molecule has 0 aromatic heterocycles. The van der Waals surface area contributed by atoms with E-state index in [0.29, 0.717) is 0 Å². The van der Waals surface area contributed by atoms with Gasteiger partial charge >= 0.3 is 0 Å². The molecule has 1 aliphatic carbocycles. The van der Waals surface area contributed by atoms with Crippen LogP contribution in [-0.4, -0.2) is 32.0 Å². The van der Waals surface area contributed by atoms with Gasteiger partial charge < -0.3 is 16.0 Å². The number of benzene rings is 2. The molecule has 2 aromatic rings. The lowest BCUT2D eigenvalue weighted by Crippen LogP contribution is -2.42. The number of guanidine groups is 1. The molecule has 2 aromatic carbocycles. The highest BCUT2D eigenvalue weighted by atomic mass is 79.9. The number of nitrogens with one attached hydrogen (secondary N) is 3. The van der Waals surface area contributed by atoms with E-state index in [2.05, 4.69) is 61.1 Å². The minimum Gasteiger partial charge on any atom is -0.356 e. The van der Waals surface area contributed by atoms with Gasteiger partial charge in [0.15, 0.2) is 5.96 Å². The lowest BCUT2D eigenvalue weighted by Gasteiger charge is -2.20. The topological polar surface area (TPSA) is 65.5 Å². The molecule has 0 saturated heterocycles. The fourth-order valence-corrected chi connectivity index (χ4v) is 4.05. The van der Waals surface area contributed by atoms with Crippen LogP contribution in [0.1, 0.15) is 30.9 Å². The number of nitrogens with zero attached hydrogens (tertiary/aromatic N) is 1. The maximum absolute atomic E-state index is 11.1. The summed E-state index contributed by atoms with van der Waals surface area (Å²) < 4.78 is 1.18. The zero-order chi connectivity index (χ0) is 20.0. The zero-order valence-electron chi connectivity index (χ0n) is 16.4. The zero-order valence-corrected chi connectivity index (χ0v) is 18.0. The Kier molecular flexibility index (Phi) is 6.73. The molecule has 1 aliphatic rings. The number of anilines is 1. The lowest BCUT2D eigenvalue weighted by molar-refractivity contribution is -0.114. The third-order valence-electron chi connectivity index (χ3n) is 5.10. The number of aliphatic imine (C=N–C) groups is 1. The first kappa shape index (κ1) is 20.4. The van der Waals surface area contributed by atoms with E-state index in [9.17, 15) is 4.79 Å². The summed E-state index contributed by atoms with van der Waals surface area (Å²) in [6.07, 6.45) is 3.27. The van der Waals surface area contributed by atoms with Crippen LogP contribution in [0.5, 0.6) is 0 Å². The largest absolute Gasteiger partial charge is 0.356 e. The molecule has 0 radical (unpaired) electrons. The van der Waals surface area contributed by atoms with E-state index in [4.69, 9.17) is 0 Å². The Bertz CT molecular complexity index is 844. The summed E-state index contributed by atoms with van der Waals surface area (Å²) in [5.74, 6) is 0.772. The number of halogens is 1. The van der Waals surface area contributed by atoms with Crippen LogP contribution >= 0.6 is 15.9 Å². The fourth-order valence-electron chi connectivity index (χ4n) is 3.34. The molecule has 3 rings (SSSR count). The second-order valence-electron chi connectivity index (χ2n) is 7.24. The van der Waals surface area contributed by atoms with Crippen LogP contribution in [0.4, 0.5) is 5.69 Å². The molecular weight excluding hydrogens is 416 g/mol. The Morgan fingerprint density at radius 2 is 1.82 bits per heavy atom. The van der Waals surface area contributed by atoms with Crippen LogP contribution in [0.3, 0.4) is 0 Å². The standard InChI is InChI=1S/C22H27BrN4O/c1-16(28)27-18-9-7-17(8-10-18)11-14-25-21(24-2)26-15-22(12-13-22)19-5-3-4-6-20(19)23/h3-10H,11-15H2,1-2H3,(H,27,28)(H2,24,25,26). The molecule has 5 nitrogen and oxygen atoms in total. The third kappa shape index (κ3) is 5.35. The molecule has 0 heterocycles. The summed E-state index contributed by atoms with van der Waals surface area (Å²) in [4.78, 5) is 15.4. The fraction of sp³-hybridized carbons (Fsp3) is 0.364. The van der Waals surface area contributed by atoms with Crippen molar-refractivity contribution < 1.29 is 4.79 Å². The number of carbonyl (C=O) groups is 1. The molecule has 0 unspecified atom stereocenters. The minimum atomic E-state index is -0.0553. The van der Waals surface area contributed by atoms with Gasteiger partial charge in [-0.2, -0.15) is 0 Å². The van der Waals surface area contributed by atoms with Crippen LogP contribution in [-0.2, 0) is 16.6 Å². The second kappa shape index (κ2) is 9.24. The van der Waals surface area contributed by atoms with E-state index < -0.39 is 0 Å². The Morgan fingerprint density at radius 3 is 2.43 bits per heavy atom. The Labute approximate surface area is 175 Å². The summed E-state index contributed by atoms with van der Waals surface area (Å²) >= 11 is 3.69. The highest BCUT2D eigenvalue weighted by Crippen LogP contribution is 2.49. The van der Waals surface area contributed by atoms with Crippen molar-refractivity contribution in [2.75, 3.05) is 25.5 Å². The van der Waals surface area contributed by atoms with Gasteiger partial charge in [0.05, 0.1) is 0 Å². The molecule has 1 amide bonds. The van der Waals surface area contributed by atoms with Crippen LogP contribution in [0.25, 0.3) is 0 Å². The summed E-state index contributed by atoms with van der Waals surface area (Å²) in [7, 11) is 1.80. The molecule has 6 heteroatoms. The van der Waals surface area contributed by atoms with Crippen LogP contribution < -0.4 is 16.0 Å². The maximum atomic E-state index is 11.1. The first-order valence-corrected chi connectivity index (χ1v) is 10.4. The van der Waals surface area contributed by atoms with Crippen molar-refractivity contribution in [3.05, 3.63) is 64.1 Å². The quantitative estimate of drug-likeness (QED) is 0.450. The summed E-state index contributed by atoms with van der Waals surface area (Å²) in [6, 6.07) is 16.4. The average Bonchev–Trinajstić information content (AvgIpc) is 3.46. The smallest absolute Gasteiger partial charge is 0.221 e. The number of carbonyl (C=O) groups excluding carboxylic acids is 1. The van der Waals surface area contributed by atoms with Crippen molar-refractivity contribution >= 4 is 33.5 Å². The maximum Gasteiger partial charge on any atom is 0.221 e. The number of rotatable bonds is 7. The molecule has 0 bridgehead atoms. The van der Waals surface area contributed by atoms with Crippen molar-refractivity contribution in [2.45, 2.75) is 31.6 Å². The van der Waals surface area contributed by atoms with E-state index in [1.165, 1.54) is 35.4 Å². The first-order chi connectivity index (χ1) is 13.5. The van der Waals surface area contributed by atoms with Crippen molar-refractivity contribution in [2.24, 2.45) is 4.99 Å². The lowest BCUT2D eigenvalue weighted by atomic mass is 9.96. The van der Waals surface area contributed by atoms with Crippen LogP contribution in [0.2, 0.25) is 0 Å². The molecule has 0 atom stereocenters. The van der Waals surface area contributed by atoms with E-state index in [1.54, 1.807) is 7.05 Å². The minimum absolute atomic E-state index is 0.0553. The SMILES string of the molecule is CN=C(NCCc1ccc(NC(C)=O)cc1)NCC1(c2ccccc2Br)CC1. The van der Waals surface area contributed by atoms with Gasteiger partial charge in [0.25, 0.3) is 0 Å². The van der Waals surface area contributed by atoms with Crippen LogP contribution in [0.15, 0.2) is 58.0 Å². The van der Waals surface area contributed by atoms with Crippen molar-refractivity contribution in [3.8, 4) is 0 Å². The predicted octanol–water partition coefficient (Wildman–Crippen LogP) is 3.85. The van der Waals surface area contributed by atoms with Gasteiger partial charge in [0.1, 0.15) is 0 Å². The molecule has 3 N–H and O–H groups in total. The monoisotopic (exact) mass is 442 g/mol. The Hall–Kier alpha value is -2.34. The van der Waals surface area contributed by atoms with Gasteiger partial charge in [-0.25, -0.2) is 0 Å². The Balaban J connectivity index is 1.46. The van der Waals surface area contributed by atoms with E-state index in [0.717, 1.165) is 31.2 Å². The third-order valence-corrected chi connectivity index (χ3v) is 5.79. The van der Waals surface area contributed by atoms with Gasteiger partial charge in [0, 0.05) is 42.6 Å². The molecule has 148 valence electrons. The van der Waals surface area contributed by atoms with Gasteiger partial charge in [-0.1, -0.05) is 46.3 Å². The molecular formula is C22H27BrN4O. The first-order valence-electron chi connectivity index (χ1n) is 9.58. The van der Waals surface area contributed by atoms with E-state index in [1.807, 2.05) is 24.3 Å².